The highest BCUT2D eigenvalue weighted by Gasteiger charge is 2.30. The summed E-state index contributed by atoms with van der Waals surface area (Å²) in [6, 6.07) is 8.08. The van der Waals surface area contributed by atoms with Gasteiger partial charge in [0.2, 0.25) is 0 Å². The molecule has 1 aromatic heterocycles. The minimum Gasteiger partial charge on any atom is -0.378 e. The minimum absolute atomic E-state index is 0.0382. The van der Waals surface area contributed by atoms with Crippen LogP contribution in [0.5, 0.6) is 0 Å². The summed E-state index contributed by atoms with van der Waals surface area (Å²) in [5.74, 6) is -2.03. The van der Waals surface area contributed by atoms with E-state index < -0.39 is 35.1 Å². The molecule has 2 aromatic carbocycles. The molecule has 12 heteroatoms. The molecule has 0 saturated carbocycles. The zero-order valence-corrected chi connectivity index (χ0v) is 24.5. The van der Waals surface area contributed by atoms with Gasteiger partial charge < -0.3 is 24.4 Å². The van der Waals surface area contributed by atoms with Gasteiger partial charge in [-0.05, 0) is 50.7 Å². The second-order valence-electron chi connectivity index (χ2n) is 11.2. The molecular formula is C31H35F4N5O3. The van der Waals surface area contributed by atoms with Gasteiger partial charge >= 0.3 is 0 Å². The summed E-state index contributed by atoms with van der Waals surface area (Å²) in [5, 5.41) is 2.70. The molecule has 2 saturated heterocycles. The Bertz CT molecular complexity index is 1560. The highest BCUT2D eigenvalue weighted by Crippen LogP contribution is 2.37. The molecule has 2 aliphatic rings. The highest BCUT2D eigenvalue weighted by molar-refractivity contribution is 6.07. The number of benzene rings is 2. The summed E-state index contributed by atoms with van der Waals surface area (Å²) in [6.45, 7) is 7.13. The SMILES string of the molecule is CC1CN(c2cc(F)c(-c3ccc(N4CCOCC4)c(F)c3)cc2NC(=O)c2cn(C)c(=O)cc2C(F)F)CC(C)N1C. The number of anilines is 3. The number of carbonyl (C=O) groups is 1. The third kappa shape index (κ3) is 6.25. The van der Waals surface area contributed by atoms with Crippen LogP contribution in [0.1, 0.15) is 36.2 Å². The second-order valence-corrected chi connectivity index (χ2v) is 11.2. The van der Waals surface area contributed by atoms with Crippen molar-refractivity contribution in [1.29, 1.82) is 0 Å². The molecule has 0 radical (unpaired) electrons. The second kappa shape index (κ2) is 12.4. The minimum atomic E-state index is -3.06. The summed E-state index contributed by atoms with van der Waals surface area (Å²) >= 11 is 0. The molecular weight excluding hydrogens is 566 g/mol. The number of hydrogen-bond donors (Lipinski definition) is 1. The van der Waals surface area contributed by atoms with E-state index in [1.165, 1.54) is 25.2 Å². The van der Waals surface area contributed by atoms with Crippen LogP contribution in [0.3, 0.4) is 0 Å². The Hall–Kier alpha value is -3.90. The van der Waals surface area contributed by atoms with Crippen molar-refractivity contribution in [3.8, 4) is 11.1 Å². The molecule has 8 nitrogen and oxygen atoms in total. The lowest BCUT2D eigenvalue weighted by Crippen LogP contribution is -2.55. The van der Waals surface area contributed by atoms with Crippen LogP contribution in [-0.4, -0.2) is 73.9 Å². The van der Waals surface area contributed by atoms with E-state index in [9.17, 15) is 18.4 Å². The third-order valence-corrected chi connectivity index (χ3v) is 8.38. The smallest absolute Gasteiger partial charge is 0.264 e. The molecule has 0 spiro atoms. The van der Waals surface area contributed by atoms with Crippen molar-refractivity contribution < 1.29 is 27.1 Å². The van der Waals surface area contributed by atoms with E-state index in [1.807, 2.05) is 30.7 Å². The largest absolute Gasteiger partial charge is 0.378 e. The third-order valence-electron chi connectivity index (χ3n) is 8.38. The number of morpholine rings is 1. The molecule has 2 fully saturated rings. The number of piperazine rings is 1. The highest BCUT2D eigenvalue weighted by atomic mass is 19.3. The van der Waals surface area contributed by atoms with Crippen LogP contribution < -0.4 is 20.7 Å². The topological polar surface area (TPSA) is 70.0 Å². The molecule has 230 valence electrons. The van der Waals surface area contributed by atoms with Crippen LogP contribution >= 0.6 is 0 Å². The van der Waals surface area contributed by atoms with E-state index in [0.29, 0.717) is 50.8 Å². The number of nitrogens with one attached hydrogen (secondary N) is 1. The number of rotatable bonds is 6. The van der Waals surface area contributed by atoms with Gasteiger partial charge in [0.25, 0.3) is 17.9 Å². The van der Waals surface area contributed by atoms with Gasteiger partial charge in [-0.15, -0.1) is 0 Å². The number of nitrogens with zero attached hydrogens (tertiary/aromatic N) is 4. The Labute approximate surface area is 247 Å². The lowest BCUT2D eigenvalue weighted by atomic mass is 10.0. The molecule has 2 unspecified atom stereocenters. The number of ether oxygens (including phenoxy) is 1. The fourth-order valence-electron chi connectivity index (χ4n) is 5.69. The van der Waals surface area contributed by atoms with Gasteiger partial charge in [-0.1, -0.05) is 6.07 Å². The number of aromatic nitrogens is 1. The molecule has 2 aliphatic heterocycles. The van der Waals surface area contributed by atoms with Gasteiger partial charge in [-0.2, -0.15) is 0 Å². The van der Waals surface area contributed by atoms with Crippen LogP contribution in [0.2, 0.25) is 0 Å². The van der Waals surface area contributed by atoms with Crippen LogP contribution in [-0.2, 0) is 11.8 Å². The van der Waals surface area contributed by atoms with E-state index in [0.717, 1.165) is 16.8 Å². The fourth-order valence-corrected chi connectivity index (χ4v) is 5.69. The number of hydrogen-bond acceptors (Lipinski definition) is 6. The van der Waals surface area contributed by atoms with Crippen molar-refractivity contribution in [1.82, 2.24) is 9.47 Å². The Balaban J connectivity index is 1.57. The fraction of sp³-hybridized carbons (Fsp3) is 0.419. The monoisotopic (exact) mass is 601 g/mol. The predicted octanol–water partition coefficient (Wildman–Crippen LogP) is 4.89. The molecule has 3 aromatic rings. The Morgan fingerprint density at radius 1 is 0.930 bits per heavy atom. The van der Waals surface area contributed by atoms with Gasteiger partial charge in [-0.25, -0.2) is 17.6 Å². The van der Waals surface area contributed by atoms with Crippen LogP contribution in [0.4, 0.5) is 34.6 Å². The first kappa shape index (κ1) is 30.6. The van der Waals surface area contributed by atoms with E-state index in [-0.39, 0.29) is 34.5 Å². The first-order valence-corrected chi connectivity index (χ1v) is 14.2. The zero-order chi connectivity index (χ0) is 31.0. The van der Waals surface area contributed by atoms with E-state index in [2.05, 4.69) is 10.2 Å². The maximum atomic E-state index is 15.8. The molecule has 3 heterocycles. The maximum absolute atomic E-state index is 15.8. The molecule has 5 rings (SSSR count). The van der Waals surface area contributed by atoms with Gasteiger partial charge in [-0.3, -0.25) is 14.5 Å². The van der Waals surface area contributed by atoms with Crippen LogP contribution in [0, 0.1) is 11.6 Å². The van der Waals surface area contributed by atoms with Gasteiger partial charge in [0, 0.05) is 68.7 Å². The van der Waals surface area contributed by atoms with Gasteiger partial charge in [0.1, 0.15) is 11.6 Å². The molecule has 43 heavy (non-hydrogen) atoms. The average Bonchev–Trinajstić information content (AvgIpc) is 2.97. The summed E-state index contributed by atoms with van der Waals surface area (Å²) in [5.41, 5.74) is -0.540. The molecule has 0 bridgehead atoms. The van der Waals surface area contributed by atoms with E-state index in [4.69, 9.17) is 4.74 Å². The standard InChI is InChI=1S/C31H35F4N5O3/c1-18-15-40(16-19(2)38(18)4)28-14-24(32)21(20-5-6-27(25(33)11-20)39-7-9-43-10-8-39)12-26(28)36-31(42)23-17-37(3)29(41)13-22(23)30(34)35/h5-6,11-14,17-19,30H,7-10,15-16H2,1-4H3,(H,36,42). The number of halogens is 4. The van der Waals surface area contributed by atoms with Crippen molar-refractivity contribution in [2.75, 3.05) is 61.6 Å². The van der Waals surface area contributed by atoms with Crippen molar-refractivity contribution in [2.24, 2.45) is 7.05 Å². The first-order valence-electron chi connectivity index (χ1n) is 14.2. The van der Waals surface area contributed by atoms with Crippen molar-refractivity contribution >= 4 is 23.0 Å². The summed E-state index contributed by atoms with van der Waals surface area (Å²) in [7, 11) is 3.36. The Morgan fingerprint density at radius 3 is 2.23 bits per heavy atom. The van der Waals surface area contributed by atoms with Gasteiger partial charge in [0.15, 0.2) is 0 Å². The number of alkyl halides is 2. The van der Waals surface area contributed by atoms with E-state index >= 15 is 8.78 Å². The van der Waals surface area contributed by atoms with Crippen LogP contribution in [0.15, 0.2) is 47.4 Å². The predicted molar refractivity (Wildman–Crippen MR) is 158 cm³/mol. The van der Waals surface area contributed by atoms with Crippen molar-refractivity contribution in [3.05, 3.63) is 75.7 Å². The maximum Gasteiger partial charge on any atom is 0.264 e. The molecule has 0 aliphatic carbocycles. The summed E-state index contributed by atoms with van der Waals surface area (Å²) in [4.78, 5) is 31.5. The Morgan fingerprint density at radius 2 is 1.60 bits per heavy atom. The zero-order valence-electron chi connectivity index (χ0n) is 24.5. The first-order chi connectivity index (χ1) is 20.4. The lowest BCUT2D eigenvalue weighted by molar-refractivity contribution is 0.101. The Kier molecular flexibility index (Phi) is 8.79. The van der Waals surface area contributed by atoms with Crippen molar-refractivity contribution in [2.45, 2.75) is 32.4 Å². The number of carbonyl (C=O) groups excluding carboxylic acids is 1. The quantitative estimate of drug-likeness (QED) is 0.406. The summed E-state index contributed by atoms with van der Waals surface area (Å²) < 4.78 is 65.2. The lowest BCUT2D eigenvalue weighted by Gasteiger charge is -2.44. The molecule has 1 N–H and O–H groups in total. The van der Waals surface area contributed by atoms with Crippen LogP contribution in [0.25, 0.3) is 11.1 Å². The van der Waals surface area contributed by atoms with E-state index in [1.54, 1.807) is 12.1 Å². The average molecular weight is 602 g/mol. The molecule has 1 amide bonds. The number of pyridine rings is 1. The van der Waals surface area contributed by atoms with Crippen molar-refractivity contribution in [3.63, 3.8) is 0 Å². The molecule has 2 atom stereocenters. The van der Waals surface area contributed by atoms with Gasteiger partial charge in [0.05, 0.1) is 35.8 Å². The summed E-state index contributed by atoms with van der Waals surface area (Å²) in [6.07, 6.45) is -2.01. The number of amides is 1. The normalized spacial score (nSPS) is 19.7. The number of likely N-dealkylation sites (N-methyl/N-ethyl adjacent to an activating group) is 1. The number of aryl methyl sites for hydroxylation is 1.